The first-order valence-electron chi connectivity index (χ1n) is 4.54. The van der Waals surface area contributed by atoms with E-state index >= 15 is 0 Å². The highest BCUT2D eigenvalue weighted by Gasteiger charge is 2.02. The summed E-state index contributed by atoms with van der Waals surface area (Å²) in [6, 6.07) is 9.11. The number of rotatable bonds is 4. The van der Waals surface area contributed by atoms with Gasteiger partial charge in [0.2, 0.25) is 0 Å². The maximum Gasteiger partial charge on any atom is 0.137 e. The monoisotopic (exact) mass is 191 g/mol. The minimum atomic E-state index is -0.371. The van der Waals surface area contributed by atoms with Gasteiger partial charge < -0.3 is 9.84 Å². The molecule has 0 saturated carbocycles. The summed E-state index contributed by atoms with van der Waals surface area (Å²) in [5, 5.41) is 17.8. The third-order valence-corrected chi connectivity index (χ3v) is 1.80. The van der Waals surface area contributed by atoms with Crippen molar-refractivity contribution in [2.75, 3.05) is 6.61 Å². The third kappa shape index (κ3) is 3.08. The Morgan fingerprint density at radius 1 is 1.50 bits per heavy atom. The average molecular weight is 191 g/mol. The second kappa shape index (κ2) is 5.25. The molecule has 14 heavy (non-hydrogen) atoms. The van der Waals surface area contributed by atoms with Crippen molar-refractivity contribution in [2.45, 2.75) is 19.4 Å². The van der Waals surface area contributed by atoms with Crippen LogP contribution in [0.1, 0.15) is 18.9 Å². The van der Waals surface area contributed by atoms with Crippen molar-refractivity contribution in [3.8, 4) is 11.8 Å². The lowest BCUT2D eigenvalue weighted by molar-refractivity contribution is 0.155. The Morgan fingerprint density at radius 2 is 2.21 bits per heavy atom. The highest BCUT2D eigenvalue weighted by molar-refractivity contribution is 5.42. The topological polar surface area (TPSA) is 53.2 Å². The predicted octanol–water partition coefficient (Wildman–Crippen LogP) is 1.71. The van der Waals surface area contributed by atoms with Gasteiger partial charge in [0.05, 0.1) is 18.3 Å². The summed E-state index contributed by atoms with van der Waals surface area (Å²) in [5.74, 6) is 0.579. The van der Waals surface area contributed by atoms with Gasteiger partial charge in [-0.25, -0.2) is 0 Å². The fourth-order valence-corrected chi connectivity index (χ4v) is 1.02. The zero-order chi connectivity index (χ0) is 10.4. The van der Waals surface area contributed by atoms with Crippen molar-refractivity contribution in [1.82, 2.24) is 0 Å². The molecule has 0 aliphatic rings. The molecule has 0 spiro atoms. The number of benzene rings is 1. The molecule has 0 radical (unpaired) electrons. The van der Waals surface area contributed by atoms with Crippen molar-refractivity contribution in [1.29, 1.82) is 5.26 Å². The molecule has 1 unspecified atom stereocenters. The molecule has 1 atom stereocenters. The largest absolute Gasteiger partial charge is 0.492 e. The predicted molar refractivity (Wildman–Crippen MR) is 52.9 cm³/mol. The van der Waals surface area contributed by atoms with Crippen molar-refractivity contribution in [3.63, 3.8) is 0 Å². The summed E-state index contributed by atoms with van der Waals surface area (Å²) in [4.78, 5) is 0. The molecule has 0 heterocycles. The summed E-state index contributed by atoms with van der Waals surface area (Å²) in [7, 11) is 0. The van der Waals surface area contributed by atoms with Gasteiger partial charge in [-0.05, 0) is 19.1 Å². The molecule has 1 rings (SSSR count). The van der Waals surface area contributed by atoms with Crippen LogP contribution in [0.2, 0.25) is 0 Å². The number of hydrogen-bond acceptors (Lipinski definition) is 3. The van der Waals surface area contributed by atoms with Gasteiger partial charge in [0.15, 0.2) is 0 Å². The molecule has 1 aromatic carbocycles. The molecular formula is C11H13NO2. The van der Waals surface area contributed by atoms with Crippen LogP contribution < -0.4 is 4.74 Å². The SMILES string of the molecule is CC(O)CCOc1ccccc1C#N. The summed E-state index contributed by atoms with van der Waals surface area (Å²) >= 11 is 0. The van der Waals surface area contributed by atoms with E-state index in [2.05, 4.69) is 0 Å². The van der Waals surface area contributed by atoms with E-state index in [-0.39, 0.29) is 6.10 Å². The van der Waals surface area contributed by atoms with Gasteiger partial charge in [-0.3, -0.25) is 0 Å². The molecule has 0 aromatic heterocycles. The highest BCUT2D eigenvalue weighted by Crippen LogP contribution is 2.16. The Morgan fingerprint density at radius 3 is 2.86 bits per heavy atom. The highest BCUT2D eigenvalue weighted by atomic mass is 16.5. The van der Waals surface area contributed by atoms with Crippen LogP contribution >= 0.6 is 0 Å². The zero-order valence-electron chi connectivity index (χ0n) is 8.10. The summed E-state index contributed by atoms with van der Waals surface area (Å²) < 4.78 is 5.36. The number of ether oxygens (including phenoxy) is 1. The van der Waals surface area contributed by atoms with Gasteiger partial charge in [-0.2, -0.15) is 5.26 Å². The van der Waals surface area contributed by atoms with E-state index in [0.717, 1.165) is 0 Å². The maximum atomic E-state index is 9.01. The van der Waals surface area contributed by atoms with E-state index in [1.165, 1.54) is 0 Å². The minimum absolute atomic E-state index is 0.371. The van der Waals surface area contributed by atoms with Gasteiger partial charge >= 0.3 is 0 Å². The van der Waals surface area contributed by atoms with E-state index in [0.29, 0.717) is 24.3 Å². The van der Waals surface area contributed by atoms with Crippen LogP contribution in [0.3, 0.4) is 0 Å². The zero-order valence-corrected chi connectivity index (χ0v) is 8.10. The first-order chi connectivity index (χ1) is 6.74. The second-order valence-corrected chi connectivity index (χ2v) is 3.09. The molecule has 0 bridgehead atoms. The van der Waals surface area contributed by atoms with Crippen LogP contribution in [0.5, 0.6) is 5.75 Å². The van der Waals surface area contributed by atoms with Crippen LogP contribution in [-0.4, -0.2) is 17.8 Å². The van der Waals surface area contributed by atoms with Crippen LogP contribution in [0.15, 0.2) is 24.3 Å². The van der Waals surface area contributed by atoms with Crippen LogP contribution in [0.25, 0.3) is 0 Å². The maximum absolute atomic E-state index is 9.01. The molecule has 0 amide bonds. The van der Waals surface area contributed by atoms with Crippen molar-refractivity contribution >= 4 is 0 Å². The number of aliphatic hydroxyl groups is 1. The van der Waals surface area contributed by atoms with Gasteiger partial charge in [-0.15, -0.1) is 0 Å². The molecule has 0 aliphatic carbocycles. The first kappa shape index (κ1) is 10.6. The lowest BCUT2D eigenvalue weighted by atomic mass is 10.2. The molecule has 3 heteroatoms. The van der Waals surface area contributed by atoms with E-state index in [9.17, 15) is 0 Å². The fraction of sp³-hybridized carbons (Fsp3) is 0.364. The summed E-state index contributed by atoms with van der Waals surface area (Å²) in [6.07, 6.45) is 0.198. The normalized spacial score (nSPS) is 11.8. The average Bonchev–Trinajstić information content (AvgIpc) is 2.18. The molecule has 1 aromatic rings. The smallest absolute Gasteiger partial charge is 0.137 e. The standard InChI is InChI=1S/C11H13NO2/c1-9(13)6-7-14-11-5-3-2-4-10(11)8-12/h2-5,9,13H,6-7H2,1H3. The summed E-state index contributed by atoms with van der Waals surface area (Å²) in [5.41, 5.74) is 0.526. The Bertz CT molecular complexity index is 328. The van der Waals surface area contributed by atoms with Crippen molar-refractivity contribution in [2.24, 2.45) is 0 Å². The quantitative estimate of drug-likeness (QED) is 0.788. The Kier molecular flexibility index (Phi) is 3.96. The minimum Gasteiger partial charge on any atom is -0.492 e. The number of nitriles is 1. The molecule has 0 saturated heterocycles. The molecule has 0 aliphatic heterocycles. The van der Waals surface area contributed by atoms with Crippen LogP contribution in [0, 0.1) is 11.3 Å². The van der Waals surface area contributed by atoms with E-state index in [4.69, 9.17) is 15.1 Å². The first-order valence-corrected chi connectivity index (χ1v) is 4.54. The number of hydrogen-bond donors (Lipinski definition) is 1. The second-order valence-electron chi connectivity index (χ2n) is 3.09. The molecule has 1 N–H and O–H groups in total. The molecule has 3 nitrogen and oxygen atoms in total. The lowest BCUT2D eigenvalue weighted by Gasteiger charge is -2.08. The molecule has 0 fully saturated rings. The van der Waals surface area contributed by atoms with E-state index in [1.807, 2.05) is 12.1 Å². The number of aliphatic hydroxyl groups excluding tert-OH is 1. The Balaban J connectivity index is 2.54. The van der Waals surface area contributed by atoms with Crippen molar-refractivity contribution < 1.29 is 9.84 Å². The number of nitrogens with zero attached hydrogens (tertiary/aromatic N) is 1. The van der Waals surface area contributed by atoms with Crippen LogP contribution in [0.4, 0.5) is 0 Å². The van der Waals surface area contributed by atoms with E-state index < -0.39 is 0 Å². The van der Waals surface area contributed by atoms with E-state index in [1.54, 1.807) is 25.1 Å². The fourth-order valence-electron chi connectivity index (χ4n) is 1.02. The third-order valence-electron chi connectivity index (χ3n) is 1.80. The molecular weight excluding hydrogens is 178 g/mol. The van der Waals surface area contributed by atoms with Gasteiger partial charge in [0.1, 0.15) is 11.8 Å². The molecule has 74 valence electrons. The lowest BCUT2D eigenvalue weighted by Crippen LogP contribution is -2.07. The number of para-hydroxylation sites is 1. The Hall–Kier alpha value is -1.53. The van der Waals surface area contributed by atoms with Crippen LogP contribution in [-0.2, 0) is 0 Å². The van der Waals surface area contributed by atoms with Gasteiger partial charge in [0.25, 0.3) is 0 Å². The summed E-state index contributed by atoms with van der Waals surface area (Å²) in [6.45, 7) is 2.13. The Labute approximate surface area is 83.6 Å². The van der Waals surface area contributed by atoms with Gasteiger partial charge in [-0.1, -0.05) is 12.1 Å². The van der Waals surface area contributed by atoms with Gasteiger partial charge in [0, 0.05) is 6.42 Å². The van der Waals surface area contributed by atoms with Crippen molar-refractivity contribution in [3.05, 3.63) is 29.8 Å².